The summed E-state index contributed by atoms with van der Waals surface area (Å²) in [5.41, 5.74) is 0. The third-order valence-electron chi connectivity index (χ3n) is 7.40. The van der Waals surface area contributed by atoms with Crippen molar-refractivity contribution in [1.82, 2.24) is 0 Å². The van der Waals surface area contributed by atoms with Crippen molar-refractivity contribution in [3.05, 3.63) is 0 Å². The number of hydrogen-bond donors (Lipinski definition) is 0. The third-order valence-corrected chi connectivity index (χ3v) is 15.2. The number of unbranched alkanes of at least 4 members (excludes halogenated alkanes) is 10. The molecule has 0 bridgehead atoms. The monoisotopic (exact) mass is 530 g/mol. The van der Waals surface area contributed by atoms with Gasteiger partial charge in [-0.05, 0) is 37.0 Å². The summed E-state index contributed by atoms with van der Waals surface area (Å²) >= 11 is 0. The zero-order valence-corrected chi connectivity index (χ0v) is 25.8. The first kappa shape index (κ1) is 31.5. The summed E-state index contributed by atoms with van der Waals surface area (Å²) in [6.07, 6.45) is 19.7. The minimum absolute atomic E-state index is 0.376. The van der Waals surface area contributed by atoms with Gasteiger partial charge in [0.25, 0.3) is 0 Å². The molecule has 2 aliphatic heterocycles. The van der Waals surface area contributed by atoms with E-state index >= 15 is 0 Å². The molecule has 2 fully saturated rings. The molecule has 0 aliphatic carbocycles. The fourth-order valence-corrected chi connectivity index (χ4v) is 12.7. The Labute approximate surface area is 220 Å². The van der Waals surface area contributed by atoms with E-state index in [0.717, 1.165) is 46.1 Å². The van der Waals surface area contributed by atoms with Gasteiger partial charge in [0, 0.05) is 13.2 Å². The molecule has 2 rings (SSSR count). The summed E-state index contributed by atoms with van der Waals surface area (Å²) in [5.74, 6) is 0. The fourth-order valence-electron chi connectivity index (χ4n) is 4.90. The first-order valence-electron chi connectivity index (χ1n) is 15.3. The Morgan fingerprint density at radius 2 is 1.09 bits per heavy atom. The molecule has 5 nitrogen and oxygen atoms in total. The van der Waals surface area contributed by atoms with Crippen molar-refractivity contribution in [2.75, 3.05) is 39.6 Å². The van der Waals surface area contributed by atoms with Crippen LogP contribution >= 0.6 is 0 Å². The standard InChI is InChI=1S/C28H58O5Si2/c1-3-5-7-9-11-13-20-35(21-14-12-10-8-6-4-2,22-16-18-30-24-28-26-32-28)33-34-19-15-17-29-23-27-25-31-27/h27-28H,3-26,34H2,1-2H3. The minimum atomic E-state index is -1.68. The third kappa shape index (κ3) is 18.2. The highest BCUT2D eigenvalue weighted by atomic mass is 28.4. The van der Waals surface area contributed by atoms with Gasteiger partial charge in [-0.2, -0.15) is 0 Å². The molecule has 208 valence electrons. The minimum Gasteiger partial charge on any atom is -0.460 e. The molecule has 2 unspecified atom stereocenters. The quantitative estimate of drug-likeness (QED) is 0.0634. The average molecular weight is 531 g/mol. The Morgan fingerprint density at radius 1 is 0.629 bits per heavy atom. The van der Waals surface area contributed by atoms with Crippen molar-refractivity contribution in [1.29, 1.82) is 0 Å². The van der Waals surface area contributed by atoms with Gasteiger partial charge in [0.1, 0.15) is 22.0 Å². The highest BCUT2D eigenvalue weighted by Crippen LogP contribution is 2.30. The lowest BCUT2D eigenvalue weighted by Gasteiger charge is -2.33. The van der Waals surface area contributed by atoms with Crippen LogP contribution in [0.1, 0.15) is 104 Å². The Bertz CT molecular complexity index is 458. The highest BCUT2D eigenvalue weighted by molar-refractivity contribution is 6.77. The van der Waals surface area contributed by atoms with Gasteiger partial charge in [-0.1, -0.05) is 90.9 Å². The lowest BCUT2D eigenvalue weighted by atomic mass is 10.1. The predicted octanol–water partition coefficient (Wildman–Crippen LogP) is 6.78. The first-order chi connectivity index (χ1) is 17.3. The van der Waals surface area contributed by atoms with E-state index in [2.05, 4.69) is 13.8 Å². The highest BCUT2D eigenvalue weighted by Gasteiger charge is 2.33. The lowest BCUT2D eigenvalue weighted by Crippen LogP contribution is -2.40. The van der Waals surface area contributed by atoms with Crippen LogP contribution in [0.15, 0.2) is 0 Å². The molecule has 2 saturated heterocycles. The van der Waals surface area contributed by atoms with Crippen molar-refractivity contribution in [3.8, 4) is 0 Å². The summed E-state index contributed by atoms with van der Waals surface area (Å²) in [5, 5.41) is 0. The van der Waals surface area contributed by atoms with Crippen molar-refractivity contribution in [3.63, 3.8) is 0 Å². The molecule has 0 aromatic rings. The van der Waals surface area contributed by atoms with Crippen LogP contribution < -0.4 is 0 Å². The Kier molecular flexibility index (Phi) is 19.0. The summed E-state index contributed by atoms with van der Waals surface area (Å²) in [6, 6.07) is 5.30. The van der Waals surface area contributed by atoms with Gasteiger partial charge in [0.05, 0.1) is 26.4 Å². The second-order valence-electron chi connectivity index (χ2n) is 10.9. The smallest absolute Gasteiger partial charge is 0.179 e. The molecule has 2 atom stereocenters. The van der Waals surface area contributed by atoms with Crippen molar-refractivity contribution < 1.29 is 23.1 Å². The molecule has 0 aromatic carbocycles. The maximum absolute atomic E-state index is 7.08. The van der Waals surface area contributed by atoms with Gasteiger partial charge in [-0.15, -0.1) is 0 Å². The first-order valence-corrected chi connectivity index (χ1v) is 19.4. The molecule has 35 heavy (non-hydrogen) atoms. The molecule has 0 N–H and O–H groups in total. The molecule has 0 radical (unpaired) electrons. The summed E-state index contributed by atoms with van der Waals surface area (Å²) in [4.78, 5) is 0. The van der Waals surface area contributed by atoms with Crippen LogP contribution in [0.25, 0.3) is 0 Å². The van der Waals surface area contributed by atoms with Crippen molar-refractivity contribution in [2.45, 2.75) is 140 Å². The maximum Gasteiger partial charge on any atom is 0.179 e. The average Bonchev–Trinajstić information content (AvgIpc) is 3.78. The van der Waals surface area contributed by atoms with E-state index in [1.54, 1.807) is 0 Å². The van der Waals surface area contributed by atoms with E-state index in [-0.39, 0.29) is 0 Å². The SMILES string of the molecule is CCCCCCCC[Si](CCCCCCCC)(CCCOCC1CO1)O[SiH2]CCCOCC1CO1. The Hall–Kier alpha value is 0.234. The molecule has 0 aromatic heterocycles. The zero-order valence-electron chi connectivity index (χ0n) is 23.4. The predicted molar refractivity (Wildman–Crippen MR) is 152 cm³/mol. The number of ether oxygens (including phenoxy) is 4. The van der Waals surface area contributed by atoms with E-state index in [1.165, 1.54) is 108 Å². The van der Waals surface area contributed by atoms with Gasteiger partial charge >= 0.3 is 0 Å². The Morgan fingerprint density at radius 3 is 1.60 bits per heavy atom. The molecular formula is C28H58O5Si2. The molecule has 2 heterocycles. The van der Waals surface area contributed by atoms with Crippen LogP contribution in [-0.4, -0.2) is 69.9 Å². The van der Waals surface area contributed by atoms with Gasteiger partial charge in [-0.25, -0.2) is 0 Å². The van der Waals surface area contributed by atoms with Gasteiger partial charge < -0.3 is 23.1 Å². The molecule has 2 aliphatic rings. The van der Waals surface area contributed by atoms with E-state index in [4.69, 9.17) is 23.1 Å². The summed E-state index contributed by atoms with van der Waals surface area (Å²) < 4.78 is 29.3. The molecule has 0 amide bonds. The maximum atomic E-state index is 7.08. The number of hydrogen-bond acceptors (Lipinski definition) is 5. The van der Waals surface area contributed by atoms with E-state index < -0.39 is 18.1 Å². The largest absolute Gasteiger partial charge is 0.460 e. The van der Waals surface area contributed by atoms with E-state index in [0.29, 0.717) is 12.2 Å². The van der Waals surface area contributed by atoms with Gasteiger partial charge in [0.15, 0.2) is 8.32 Å². The normalized spacial score (nSPS) is 19.7. The summed E-state index contributed by atoms with van der Waals surface area (Å²) in [6.45, 7) is 9.70. The second-order valence-corrected chi connectivity index (χ2v) is 17.1. The zero-order chi connectivity index (χ0) is 24.9. The van der Waals surface area contributed by atoms with Crippen LogP contribution in [0.3, 0.4) is 0 Å². The number of epoxide rings is 2. The van der Waals surface area contributed by atoms with Crippen molar-refractivity contribution >= 4 is 18.1 Å². The van der Waals surface area contributed by atoms with E-state index in [9.17, 15) is 0 Å². The number of rotatable bonds is 28. The molecule has 7 heteroatoms. The van der Waals surface area contributed by atoms with Crippen LogP contribution in [-0.2, 0) is 23.1 Å². The van der Waals surface area contributed by atoms with Crippen LogP contribution in [0.4, 0.5) is 0 Å². The topological polar surface area (TPSA) is 52.8 Å². The lowest BCUT2D eigenvalue weighted by molar-refractivity contribution is 0.116. The Balaban J connectivity index is 1.76. The van der Waals surface area contributed by atoms with Crippen LogP contribution in [0, 0.1) is 0 Å². The summed E-state index contributed by atoms with van der Waals surface area (Å²) in [7, 11) is -2.15. The second kappa shape index (κ2) is 21.2. The molecular weight excluding hydrogens is 472 g/mol. The van der Waals surface area contributed by atoms with E-state index in [1.807, 2.05) is 0 Å². The van der Waals surface area contributed by atoms with Gasteiger partial charge in [-0.3, -0.25) is 0 Å². The fraction of sp³-hybridized carbons (Fsp3) is 1.00. The molecule has 0 saturated carbocycles. The van der Waals surface area contributed by atoms with Gasteiger partial charge in [0.2, 0.25) is 0 Å². The van der Waals surface area contributed by atoms with Crippen LogP contribution in [0.5, 0.6) is 0 Å². The molecule has 0 spiro atoms. The van der Waals surface area contributed by atoms with Crippen LogP contribution in [0.2, 0.25) is 24.2 Å². The van der Waals surface area contributed by atoms with Crippen molar-refractivity contribution in [2.24, 2.45) is 0 Å².